The fraction of sp³-hybridized carbons (Fsp3) is 0.361. The number of methoxy groups -OCH3 is 3. The predicted molar refractivity (Wildman–Crippen MR) is 183 cm³/mol. The molecule has 0 bridgehead atoms. The molecule has 0 saturated heterocycles. The van der Waals surface area contributed by atoms with E-state index in [1.165, 1.54) is 44.6 Å². The molecule has 0 spiro atoms. The van der Waals surface area contributed by atoms with E-state index in [-0.39, 0.29) is 53.2 Å². The largest absolute Gasteiger partial charge is 0.496 e. The van der Waals surface area contributed by atoms with Crippen LogP contribution < -0.4 is 35.9 Å². The lowest BCUT2D eigenvalue weighted by Crippen LogP contribution is -2.33. The number of Topliss-reactive ketones (excluding diaryl/α,β-unsaturated/α-hetero) is 1. The molecule has 256 valence electrons. The summed E-state index contributed by atoms with van der Waals surface area (Å²) in [4.78, 5) is 63.2. The molecule has 0 fully saturated rings. The number of ketones is 1. The van der Waals surface area contributed by atoms with Gasteiger partial charge in [0, 0.05) is 23.7 Å². The Morgan fingerprint density at radius 2 is 1.27 bits per heavy atom. The number of amides is 4. The van der Waals surface area contributed by atoms with E-state index in [4.69, 9.17) is 19.9 Å². The average Bonchev–Trinajstić information content (AvgIpc) is 3.09. The van der Waals surface area contributed by atoms with Crippen LogP contribution in [0.5, 0.6) is 17.2 Å². The number of ether oxygens (including phenoxy) is 3. The van der Waals surface area contributed by atoms with Crippen molar-refractivity contribution in [2.45, 2.75) is 52.4 Å². The highest BCUT2D eigenvalue weighted by Gasteiger charge is 2.21. The van der Waals surface area contributed by atoms with Gasteiger partial charge < -0.3 is 35.9 Å². The number of nitrogens with one attached hydrogen (secondary N) is 3. The van der Waals surface area contributed by atoms with Crippen LogP contribution in [0.2, 0.25) is 0 Å². The molecule has 12 heteroatoms. The molecule has 0 aliphatic heterocycles. The number of hydrogen-bond donors (Lipinski definition) is 4. The molecule has 4 amide bonds. The molecule has 12 nitrogen and oxygen atoms in total. The topological polar surface area (TPSA) is 175 Å². The summed E-state index contributed by atoms with van der Waals surface area (Å²) in [7, 11) is 4.33. The van der Waals surface area contributed by atoms with Crippen LogP contribution in [0.1, 0.15) is 89.0 Å². The zero-order valence-electron chi connectivity index (χ0n) is 28.2. The maximum Gasteiger partial charge on any atom is 0.255 e. The molecule has 0 heterocycles. The van der Waals surface area contributed by atoms with Crippen LogP contribution in [0, 0.1) is 5.92 Å². The van der Waals surface area contributed by atoms with Crippen molar-refractivity contribution in [3.05, 3.63) is 76.9 Å². The van der Waals surface area contributed by atoms with Crippen molar-refractivity contribution >= 4 is 40.8 Å². The Morgan fingerprint density at radius 1 is 0.729 bits per heavy atom. The van der Waals surface area contributed by atoms with Crippen molar-refractivity contribution in [1.29, 1.82) is 0 Å². The zero-order chi connectivity index (χ0) is 35.4. The molecule has 5 N–H and O–H groups in total. The summed E-state index contributed by atoms with van der Waals surface area (Å²) in [6.07, 6.45) is 2.09. The number of hydrogen-bond acceptors (Lipinski definition) is 8. The summed E-state index contributed by atoms with van der Waals surface area (Å²) in [6.45, 7) is 5.67. The molecule has 2 unspecified atom stereocenters. The first kappa shape index (κ1) is 37.1. The lowest BCUT2D eigenvalue weighted by Gasteiger charge is -2.16. The Kier molecular flexibility index (Phi) is 13.5. The third kappa shape index (κ3) is 9.81. The zero-order valence-corrected chi connectivity index (χ0v) is 28.2. The summed E-state index contributed by atoms with van der Waals surface area (Å²) in [5, 5.41) is 7.89. The lowest BCUT2D eigenvalue weighted by atomic mass is 9.90. The van der Waals surface area contributed by atoms with Crippen LogP contribution in [-0.2, 0) is 9.59 Å². The SMILES string of the molecule is CCC(C)c1ccc(OC)c(C(=O)C(C)CCCC(=O)Nc2ccc(OC)c(C(=O)NCC(=O)Nc3ccc(OC)c(C(N)=O)c3)c2)c1. The van der Waals surface area contributed by atoms with Crippen molar-refractivity contribution < 1.29 is 38.2 Å². The summed E-state index contributed by atoms with van der Waals surface area (Å²) in [5.74, 6) is -1.16. The number of nitrogens with two attached hydrogens (primary N) is 1. The second-order valence-electron chi connectivity index (χ2n) is 11.4. The number of carbonyl (C=O) groups is 5. The Bertz CT molecular complexity index is 1650. The molecule has 0 radical (unpaired) electrons. The number of primary amides is 1. The molecule has 3 aromatic carbocycles. The first-order valence-corrected chi connectivity index (χ1v) is 15.7. The van der Waals surface area contributed by atoms with Crippen LogP contribution in [0.25, 0.3) is 0 Å². The van der Waals surface area contributed by atoms with E-state index >= 15 is 0 Å². The Hall–Kier alpha value is -5.39. The van der Waals surface area contributed by atoms with Crippen LogP contribution in [0.4, 0.5) is 11.4 Å². The van der Waals surface area contributed by atoms with E-state index in [1.54, 1.807) is 13.2 Å². The van der Waals surface area contributed by atoms with Gasteiger partial charge in [0.25, 0.3) is 11.8 Å². The van der Waals surface area contributed by atoms with E-state index in [0.717, 1.165) is 12.0 Å². The normalized spacial score (nSPS) is 11.9. The monoisotopic (exact) mass is 660 g/mol. The maximum atomic E-state index is 13.3. The highest BCUT2D eigenvalue weighted by molar-refractivity contribution is 6.03. The van der Waals surface area contributed by atoms with Crippen LogP contribution in [-0.4, -0.2) is 57.3 Å². The third-order valence-corrected chi connectivity index (χ3v) is 8.05. The maximum absolute atomic E-state index is 13.3. The summed E-state index contributed by atoms with van der Waals surface area (Å²) in [6, 6.07) is 14.7. The van der Waals surface area contributed by atoms with Gasteiger partial charge in [0.1, 0.15) is 17.2 Å². The minimum atomic E-state index is -0.723. The van der Waals surface area contributed by atoms with E-state index in [9.17, 15) is 24.0 Å². The van der Waals surface area contributed by atoms with Gasteiger partial charge in [-0.05, 0) is 79.3 Å². The molecule has 3 aromatic rings. The smallest absolute Gasteiger partial charge is 0.255 e. The molecular weight excluding hydrogens is 616 g/mol. The van der Waals surface area contributed by atoms with Crippen molar-refractivity contribution in [3.63, 3.8) is 0 Å². The number of rotatable bonds is 17. The summed E-state index contributed by atoms with van der Waals surface area (Å²) in [5.41, 5.74) is 7.86. The minimum absolute atomic E-state index is 0.0312. The van der Waals surface area contributed by atoms with Gasteiger partial charge in [-0.2, -0.15) is 0 Å². The second-order valence-corrected chi connectivity index (χ2v) is 11.4. The number of benzene rings is 3. The van der Waals surface area contributed by atoms with Gasteiger partial charge in [-0.3, -0.25) is 24.0 Å². The Balaban J connectivity index is 1.56. The molecule has 48 heavy (non-hydrogen) atoms. The van der Waals surface area contributed by atoms with E-state index in [0.29, 0.717) is 41.4 Å². The van der Waals surface area contributed by atoms with Crippen molar-refractivity contribution in [2.75, 3.05) is 38.5 Å². The third-order valence-electron chi connectivity index (χ3n) is 8.05. The highest BCUT2D eigenvalue weighted by Crippen LogP contribution is 2.29. The number of anilines is 2. The molecule has 0 saturated carbocycles. The van der Waals surface area contributed by atoms with Crippen LogP contribution in [0.3, 0.4) is 0 Å². The Morgan fingerprint density at radius 3 is 1.85 bits per heavy atom. The Labute approximate surface area is 280 Å². The fourth-order valence-electron chi connectivity index (χ4n) is 5.05. The number of carbonyl (C=O) groups excluding carboxylic acids is 5. The molecule has 0 aromatic heterocycles. The van der Waals surface area contributed by atoms with Gasteiger partial charge in [0.2, 0.25) is 11.8 Å². The quantitative estimate of drug-likeness (QED) is 0.141. The summed E-state index contributed by atoms with van der Waals surface area (Å²) >= 11 is 0. The first-order chi connectivity index (χ1) is 22.9. The van der Waals surface area contributed by atoms with E-state index < -0.39 is 17.7 Å². The molecular formula is C36H44N4O8. The molecule has 2 atom stereocenters. The summed E-state index contributed by atoms with van der Waals surface area (Å²) < 4.78 is 15.9. The predicted octanol–water partition coefficient (Wildman–Crippen LogP) is 5.32. The van der Waals surface area contributed by atoms with Gasteiger partial charge in [0.05, 0.1) is 44.6 Å². The van der Waals surface area contributed by atoms with Gasteiger partial charge in [0.15, 0.2) is 5.78 Å². The van der Waals surface area contributed by atoms with E-state index in [1.807, 2.05) is 25.1 Å². The van der Waals surface area contributed by atoms with Gasteiger partial charge >= 0.3 is 0 Å². The van der Waals surface area contributed by atoms with E-state index in [2.05, 4.69) is 29.8 Å². The second kappa shape index (κ2) is 17.5. The average molecular weight is 661 g/mol. The standard InChI is InChI=1S/C36H44N4O8/c1-7-21(2)23-11-14-29(46-4)26(17-23)34(43)22(3)9-8-10-32(41)39-25-13-16-31(48-6)28(19-25)36(45)38-20-33(42)40-24-12-15-30(47-5)27(18-24)35(37)44/h11-19,21-22H,7-10,20H2,1-6H3,(H2,37,44)(H,38,45)(H,39,41)(H,40,42). The fourth-order valence-corrected chi connectivity index (χ4v) is 5.05. The lowest BCUT2D eigenvalue weighted by molar-refractivity contribution is -0.116. The molecule has 3 rings (SSSR count). The first-order valence-electron chi connectivity index (χ1n) is 15.7. The van der Waals surface area contributed by atoms with Crippen molar-refractivity contribution in [3.8, 4) is 17.2 Å². The van der Waals surface area contributed by atoms with Crippen molar-refractivity contribution in [2.24, 2.45) is 11.7 Å². The van der Waals surface area contributed by atoms with Gasteiger partial charge in [-0.1, -0.05) is 26.8 Å². The van der Waals surface area contributed by atoms with Crippen LogP contribution >= 0.6 is 0 Å². The van der Waals surface area contributed by atoms with Gasteiger partial charge in [-0.25, -0.2) is 0 Å². The van der Waals surface area contributed by atoms with Crippen molar-refractivity contribution in [1.82, 2.24) is 5.32 Å². The molecule has 0 aliphatic carbocycles. The molecule has 0 aliphatic rings. The highest BCUT2D eigenvalue weighted by atomic mass is 16.5. The van der Waals surface area contributed by atoms with Gasteiger partial charge in [-0.15, -0.1) is 0 Å². The van der Waals surface area contributed by atoms with Crippen LogP contribution in [0.15, 0.2) is 54.6 Å². The minimum Gasteiger partial charge on any atom is -0.496 e.